The highest BCUT2D eigenvalue weighted by Gasteiger charge is 2.23. The zero-order valence-electron chi connectivity index (χ0n) is 11.4. The van der Waals surface area contributed by atoms with E-state index in [9.17, 15) is 9.18 Å². The number of hydrogen-bond acceptors (Lipinski definition) is 2. The van der Waals surface area contributed by atoms with E-state index in [1.54, 1.807) is 0 Å². The molecule has 0 fully saturated rings. The zero-order valence-corrected chi connectivity index (χ0v) is 11.4. The van der Waals surface area contributed by atoms with Crippen molar-refractivity contribution in [2.45, 2.75) is 25.3 Å². The molecule has 1 aromatic carbocycles. The molecule has 1 aliphatic carbocycles. The van der Waals surface area contributed by atoms with E-state index in [4.69, 9.17) is 0 Å². The Morgan fingerprint density at radius 3 is 2.60 bits per heavy atom. The van der Waals surface area contributed by atoms with Gasteiger partial charge in [0.15, 0.2) is 0 Å². The van der Waals surface area contributed by atoms with Crippen LogP contribution in [-0.2, 0) is 4.79 Å². The molecule has 1 aliphatic heterocycles. The number of allylic oxidation sites excluding steroid dienone is 1. The summed E-state index contributed by atoms with van der Waals surface area (Å²) in [5.74, 6) is -0.190. The van der Waals surface area contributed by atoms with E-state index in [1.165, 1.54) is 17.7 Å². The normalized spacial score (nSPS) is 23.4. The molecule has 1 unspecified atom stereocenters. The molecule has 104 valence electrons. The van der Waals surface area contributed by atoms with Gasteiger partial charge in [-0.15, -0.1) is 0 Å². The number of carbonyl (C=O) groups excluding carboxylic acids is 1. The molecule has 1 aromatic rings. The van der Waals surface area contributed by atoms with E-state index in [-0.39, 0.29) is 5.82 Å². The van der Waals surface area contributed by atoms with Crippen LogP contribution >= 0.6 is 0 Å². The molecule has 2 aliphatic rings. The van der Waals surface area contributed by atoms with Gasteiger partial charge in [-0.3, -0.25) is 9.69 Å². The first-order chi connectivity index (χ1) is 9.76. The zero-order chi connectivity index (χ0) is 13.9. The molecule has 3 rings (SSSR count). The van der Waals surface area contributed by atoms with Gasteiger partial charge in [0, 0.05) is 19.1 Å². The van der Waals surface area contributed by atoms with Gasteiger partial charge in [-0.05, 0) is 48.1 Å². The lowest BCUT2D eigenvalue weighted by Gasteiger charge is -2.30. The average Bonchev–Trinajstić information content (AvgIpc) is 2.97. The molecule has 1 atom stereocenters. The number of hydrogen-bond donors (Lipinski definition) is 0. The molecular formula is C17H18FNO. The molecule has 0 bridgehead atoms. The Morgan fingerprint density at radius 1 is 1.20 bits per heavy atom. The van der Waals surface area contributed by atoms with Gasteiger partial charge in [0.05, 0.1) is 0 Å². The molecule has 20 heavy (non-hydrogen) atoms. The van der Waals surface area contributed by atoms with Crippen LogP contribution in [-0.4, -0.2) is 30.3 Å². The van der Waals surface area contributed by atoms with Crippen LogP contribution in [0.3, 0.4) is 0 Å². The Hall–Kier alpha value is -1.74. The summed E-state index contributed by atoms with van der Waals surface area (Å²) in [7, 11) is 0. The lowest BCUT2D eigenvalue weighted by Crippen LogP contribution is -2.36. The van der Waals surface area contributed by atoms with Gasteiger partial charge in [0.1, 0.15) is 12.1 Å². The molecule has 0 aromatic heterocycles. The summed E-state index contributed by atoms with van der Waals surface area (Å²) in [6.45, 7) is 1.90. The minimum atomic E-state index is -0.190. The highest BCUT2D eigenvalue weighted by Crippen LogP contribution is 2.27. The van der Waals surface area contributed by atoms with Gasteiger partial charge >= 0.3 is 0 Å². The SMILES string of the molecule is O=CC1=CC(N2CC=C(c3ccc(F)cc3)CC2)CC1. The van der Waals surface area contributed by atoms with Crippen molar-refractivity contribution in [2.75, 3.05) is 13.1 Å². The first kappa shape index (κ1) is 13.3. The van der Waals surface area contributed by atoms with Crippen molar-refractivity contribution in [3.05, 3.63) is 53.4 Å². The molecule has 0 saturated carbocycles. The van der Waals surface area contributed by atoms with Crippen LogP contribution in [0.1, 0.15) is 24.8 Å². The average molecular weight is 271 g/mol. The van der Waals surface area contributed by atoms with Crippen molar-refractivity contribution < 1.29 is 9.18 Å². The first-order valence-electron chi connectivity index (χ1n) is 7.11. The summed E-state index contributed by atoms with van der Waals surface area (Å²) >= 11 is 0. The second-order valence-corrected chi connectivity index (χ2v) is 5.45. The molecule has 0 amide bonds. The molecular weight excluding hydrogens is 253 g/mol. The smallest absolute Gasteiger partial charge is 0.145 e. The Bertz CT molecular complexity index is 559. The van der Waals surface area contributed by atoms with E-state index in [0.29, 0.717) is 6.04 Å². The van der Waals surface area contributed by atoms with Crippen molar-refractivity contribution in [2.24, 2.45) is 0 Å². The number of halogens is 1. The van der Waals surface area contributed by atoms with Crippen molar-refractivity contribution >= 4 is 11.9 Å². The van der Waals surface area contributed by atoms with Crippen LogP contribution in [0.2, 0.25) is 0 Å². The number of carbonyl (C=O) groups is 1. The van der Waals surface area contributed by atoms with Gasteiger partial charge < -0.3 is 0 Å². The number of benzene rings is 1. The third-order valence-electron chi connectivity index (χ3n) is 4.21. The summed E-state index contributed by atoms with van der Waals surface area (Å²) in [6, 6.07) is 7.12. The fraction of sp³-hybridized carbons (Fsp3) is 0.353. The Balaban J connectivity index is 1.67. The van der Waals surface area contributed by atoms with Crippen LogP contribution < -0.4 is 0 Å². The minimum Gasteiger partial charge on any atom is -0.298 e. The second-order valence-electron chi connectivity index (χ2n) is 5.45. The summed E-state index contributed by atoms with van der Waals surface area (Å²) in [6.07, 6.45) is 8.23. The van der Waals surface area contributed by atoms with Crippen LogP contribution in [0, 0.1) is 5.82 Å². The third kappa shape index (κ3) is 2.73. The van der Waals surface area contributed by atoms with Gasteiger partial charge in [-0.2, -0.15) is 0 Å². The van der Waals surface area contributed by atoms with Gasteiger partial charge in [0.2, 0.25) is 0 Å². The third-order valence-corrected chi connectivity index (χ3v) is 4.21. The molecule has 0 spiro atoms. The molecule has 0 N–H and O–H groups in total. The highest BCUT2D eigenvalue weighted by atomic mass is 19.1. The number of rotatable bonds is 3. The monoisotopic (exact) mass is 271 g/mol. The van der Waals surface area contributed by atoms with Crippen molar-refractivity contribution in [1.82, 2.24) is 4.90 Å². The van der Waals surface area contributed by atoms with E-state index in [1.807, 2.05) is 12.1 Å². The fourth-order valence-electron chi connectivity index (χ4n) is 3.03. The van der Waals surface area contributed by atoms with Crippen LogP contribution in [0.25, 0.3) is 5.57 Å². The maximum absolute atomic E-state index is 12.9. The highest BCUT2D eigenvalue weighted by molar-refractivity contribution is 5.74. The minimum absolute atomic E-state index is 0.190. The van der Waals surface area contributed by atoms with Gasteiger partial charge in [-0.25, -0.2) is 4.39 Å². The molecule has 0 saturated heterocycles. The fourth-order valence-corrected chi connectivity index (χ4v) is 3.03. The lowest BCUT2D eigenvalue weighted by molar-refractivity contribution is -0.105. The van der Waals surface area contributed by atoms with E-state index in [0.717, 1.165) is 49.8 Å². The second kappa shape index (κ2) is 5.71. The van der Waals surface area contributed by atoms with E-state index < -0.39 is 0 Å². The number of aldehydes is 1. The summed E-state index contributed by atoms with van der Waals surface area (Å²) in [5.41, 5.74) is 3.34. The molecule has 0 radical (unpaired) electrons. The first-order valence-corrected chi connectivity index (χ1v) is 7.11. The van der Waals surface area contributed by atoms with Gasteiger partial charge in [0.25, 0.3) is 0 Å². The predicted molar refractivity (Wildman–Crippen MR) is 77.7 cm³/mol. The largest absolute Gasteiger partial charge is 0.298 e. The molecule has 3 heteroatoms. The Labute approximate surface area is 118 Å². The van der Waals surface area contributed by atoms with Crippen molar-refractivity contribution in [3.8, 4) is 0 Å². The lowest BCUT2D eigenvalue weighted by atomic mass is 9.98. The Morgan fingerprint density at radius 2 is 2.00 bits per heavy atom. The van der Waals surface area contributed by atoms with Crippen LogP contribution in [0.5, 0.6) is 0 Å². The van der Waals surface area contributed by atoms with E-state index in [2.05, 4.69) is 17.1 Å². The van der Waals surface area contributed by atoms with Crippen molar-refractivity contribution in [1.29, 1.82) is 0 Å². The summed E-state index contributed by atoms with van der Waals surface area (Å²) < 4.78 is 12.9. The predicted octanol–water partition coefficient (Wildman–Crippen LogP) is 3.20. The summed E-state index contributed by atoms with van der Waals surface area (Å²) in [5, 5.41) is 0. The Kier molecular flexibility index (Phi) is 3.79. The van der Waals surface area contributed by atoms with Crippen LogP contribution in [0.4, 0.5) is 4.39 Å². The maximum Gasteiger partial charge on any atom is 0.145 e. The topological polar surface area (TPSA) is 20.3 Å². The molecule has 2 nitrogen and oxygen atoms in total. The van der Waals surface area contributed by atoms with Crippen LogP contribution in [0.15, 0.2) is 42.0 Å². The van der Waals surface area contributed by atoms with E-state index >= 15 is 0 Å². The number of nitrogens with zero attached hydrogens (tertiary/aromatic N) is 1. The maximum atomic E-state index is 12.9. The quantitative estimate of drug-likeness (QED) is 0.787. The standard InChI is InChI=1S/C17H18FNO/c18-16-4-2-14(3-5-16)15-7-9-19(10-8-15)17-6-1-13(11-17)12-20/h2-5,7,11-12,17H,1,6,8-10H2. The molecule has 1 heterocycles. The van der Waals surface area contributed by atoms with Gasteiger partial charge in [-0.1, -0.05) is 24.3 Å². The summed E-state index contributed by atoms with van der Waals surface area (Å²) in [4.78, 5) is 13.2. The van der Waals surface area contributed by atoms with Crippen molar-refractivity contribution in [3.63, 3.8) is 0 Å².